The van der Waals surface area contributed by atoms with Gasteiger partial charge in [0.2, 0.25) is 0 Å². The lowest BCUT2D eigenvalue weighted by Gasteiger charge is -2.37. The van der Waals surface area contributed by atoms with E-state index in [-0.39, 0.29) is 6.10 Å². The van der Waals surface area contributed by atoms with Crippen molar-refractivity contribution in [1.29, 1.82) is 5.26 Å². The molecular weight excluding hydrogens is 246 g/mol. The van der Waals surface area contributed by atoms with Crippen LogP contribution in [-0.4, -0.2) is 29.3 Å². The van der Waals surface area contributed by atoms with Crippen molar-refractivity contribution in [3.63, 3.8) is 0 Å². The Morgan fingerprint density at radius 2 is 2.36 bits per heavy atom. The van der Waals surface area contributed by atoms with Crippen molar-refractivity contribution in [2.24, 2.45) is 0 Å². The minimum absolute atomic E-state index is 0.285. The maximum absolute atomic E-state index is 9.14. The number of hydrogen-bond donors (Lipinski definition) is 1. The smallest absolute Gasteiger partial charge is 0.146 e. The molecular formula is C9H8BrN3O. The largest absolute Gasteiger partial charge is 0.389 e. The van der Waals surface area contributed by atoms with E-state index in [0.29, 0.717) is 24.5 Å². The monoisotopic (exact) mass is 253 g/mol. The standard InChI is InChI=1S/C9H8BrN3O/c10-7-1-6(2-11)9(12-3-7)13-4-8(14)5-13/h1,3,8,14H,4-5H2. The molecule has 2 heterocycles. The van der Waals surface area contributed by atoms with Gasteiger partial charge in [-0.2, -0.15) is 5.26 Å². The quantitative estimate of drug-likeness (QED) is 0.808. The van der Waals surface area contributed by atoms with Gasteiger partial charge >= 0.3 is 0 Å². The van der Waals surface area contributed by atoms with E-state index in [0.717, 1.165) is 4.47 Å². The Morgan fingerprint density at radius 1 is 1.64 bits per heavy atom. The van der Waals surface area contributed by atoms with E-state index in [1.165, 1.54) is 0 Å². The van der Waals surface area contributed by atoms with Crippen LogP contribution in [0.2, 0.25) is 0 Å². The molecule has 0 bridgehead atoms. The van der Waals surface area contributed by atoms with Gasteiger partial charge in [-0.25, -0.2) is 4.98 Å². The summed E-state index contributed by atoms with van der Waals surface area (Å²) in [6.45, 7) is 1.12. The number of hydrogen-bond acceptors (Lipinski definition) is 4. The minimum Gasteiger partial charge on any atom is -0.389 e. The number of nitriles is 1. The van der Waals surface area contributed by atoms with E-state index in [4.69, 9.17) is 10.4 Å². The number of nitrogens with zero attached hydrogens (tertiary/aromatic N) is 3. The maximum atomic E-state index is 9.14. The second kappa shape index (κ2) is 3.56. The molecule has 14 heavy (non-hydrogen) atoms. The minimum atomic E-state index is -0.285. The molecule has 4 nitrogen and oxygen atoms in total. The van der Waals surface area contributed by atoms with Crippen LogP contribution in [0.3, 0.4) is 0 Å². The van der Waals surface area contributed by atoms with E-state index in [1.54, 1.807) is 12.3 Å². The van der Waals surface area contributed by atoms with Crippen LogP contribution in [0.5, 0.6) is 0 Å². The molecule has 0 aromatic carbocycles. The number of anilines is 1. The summed E-state index contributed by atoms with van der Waals surface area (Å²) in [6.07, 6.45) is 1.37. The lowest BCUT2D eigenvalue weighted by molar-refractivity contribution is 0.141. The summed E-state index contributed by atoms with van der Waals surface area (Å²) in [5, 5.41) is 18.0. The zero-order chi connectivity index (χ0) is 10.1. The molecule has 0 spiro atoms. The first-order valence-corrected chi connectivity index (χ1v) is 4.98. The van der Waals surface area contributed by atoms with E-state index in [9.17, 15) is 0 Å². The summed E-state index contributed by atoms with van der Waals surface area (Å²) in [7, 11) is 0. The van der Waals surface area contributed by atoms with Gasteiger partial charge in [-0.05, 0) is 22.0 Å². The highest BCUT2D eigenvalue weighted by molar-refractivity contribution is 9.10. The van der Waals surface area contributed by atoms with Gasteiger partial charge in [0.05, 0.1) is 11.7 Å². The van der Waals surface area contributed by atoms with Gasteiger partial charge < -0.3 is 10.0 Å². The molecule has 0 atom stereocenters. The molecule has 72 valence electrons. The summed E-state index contributed by atoms with van der Waals surface area (Å²) in [4.78, 5) is 6.04. The van der Waals surface area contributed by atoms with Crippen molar-refractivity contribution >= 4 is 21.7 Å². The molecule has 2 rings (SSSR count). The Kier molecular flexibility index (Phi) is 2.40. The van der Waals surface area contributed by atoms with Crippen LogP contribution < -0.4 is 4.90 Å². The van der Waals surface area contributed by atoms with Crippen LogP contribution in [0.4, 0.5) is 5.82 Å². The molecule has 1 aromatic heterocycles. The molecule has 1 N–H and O–H groups in total. The van der Waals surface area contributed by atoms with Gasteiger partial charge in [0.15, 0.2) is 0 Å². The number of rotatable bonds is 1. The first-order valence-electron chi connectivity index (χ1n) is 4.19. The predicted molar refractivity (Wildman–Crippen MR) is 54.9 cm³/mol. The third-order valence-electron chi connectivity index (χ3n) is 2.12. The van der Waals surface area contributed by atoms with Crippen LogP contribution in [0, 0.1) is 11.3 Å². The Hall–Kier alpha value is -1.12. The second-order valence-electron chi connectivity index (χ2n) is 3.20. The van der Waals surface area contributed by atoms with Gasteiger partial charge in [0.1, 0.15) is 11.9 Å². The van der Waals surface area contributed by atoms with Crippen molar-refractivity contribution in [3.8, 4) is 6.07 Å². The normalized spacial score (nSPS) is 16.2. The van der Waals surface area contributed by atoms with Crippen LogP contribution >= 0.6 is 15.9 Å². The highest BCUT2D eigenvalue weighted by Crippen LogP contribution is 2.24. The number of halogens is 1. The van der Waals surface area contributed by atoms with Crippen LogP contribution in [0.25, 0.3) is 0 Å². The van der Waals surface area contributed by atoms with Gasteiger partial charge in [0.25, 0.3) is 0 Å². The van der Waals surface area contributed by atoms with Gasteiger partial charge in [-0.3, -0.25) is 0 Å². The average Bonchev–Trinajstić information content (AvgIpc) is 2.13. The van der Waals surface area contributed by atoms with Crippen LogP contribution in [0.15, 0.2) is 16.7 Å². The number of aliphatic hydroxyl groups is 1. The molecule has 1 saturated heterocycles. The Morgan fingerprint density at radius 3 is 2.93 bits per heavy atom. The average molecular weight is 254 g/mol. The summed E-state index contributed by atoms with van der Waals surface area (Å²) >= 11 is 3.26. The van der Waals surface area contributed by atoms with Crippen molar-refractivity contribution in [2.45, 2.75) is 6.10 Å². The summed E-state index contributed by atoms with van der Waals surface area (Å²) in [5.41, 5.74) is 0.534. The summed E-state index contributed by atoms with van der Waals surface area (Å²) < 4.78 is 0.791. The molecule has 0 saturated carbocycles. The van der Waals surface area contributed by atoms with E-state index >= 15 is 0 Å². The fraction of sp³-hybridized carbons (Fsp3) is 0.333. The molecule has 1 fully saturated rings. The van der Waals surface area contributed by atoms with Gasteiger partial charge in [0, 0.05) is 23.8 Å². The molecule has 0 unspecified atom stereocenters. The highest BCUT2D eigenvalue weighted by Gasteiger charge is 2.27. The number of pyridine rings is 1. The number of aliphatic hydroxyl groups excluding tert-OH is 1. The van der Waals surface area contributed by atoms with E-state index in [1.807, 2.05) is 4.90 Å². The molecule has 1 aliphatic heterocycles. The van der Waals surface area contributed by atoms with E-state index in [2.05, 4.69) is 27.0 Å². The highest BCUT2D eigenvalue weighted by atomic mass is 79.9. The van der Waals surface area contributed by atoms with Crippen molar-refractivity contribution in [2.75, 3.05) is 18.0 Å². The summed E-state index contributed by atoms with van der Waals surface area (Å²) in [6, 6.07) is 3.81. The zero-order valence-corrected chi connectivity index (χ0v) is 8.90. The third kappa shape index (κ3) is 1.59. The Labute approximate surface area is 89.9 Å². The fourth-order valence-corrected chi connectivity index (χ4v) is 1.73. The van der Waals surface area contributed by atoms with Gasteiger partial charge in [-0.15, -0.1) is 0 Å². The number of aromatic nitrogens is 1. The molecule has 5 heteroatoms. The lowest BCUT2D eigenvalue weighted by Crippen LogP contribution is -2.51. The predicted octanol–water partition coefficient (Wildman–Crippen LogP) is 0.897. The molecule has 0 aliphatic carbocycles. The summed E-state index contributed by atoms with van der Waals surface area (Å²) in [5.74, 6) is 0.654. The van der Waals surface area contributed by atoms with E-state index < -0.39 is 0 Å². The molecule has 0 amide bonds. The van der Waals surface area contributed by atoms with Crippen molar-refractivity contribution in [1.82, 2.24) is 4.98 Å². The third-order valence-corrected chi connectivity index (χ3v) is 2.55. The Bertz CT molecular complexity index is 396. The van der Waals surface area contributed by atoms with Crippen molar-refractivity contribution < 1.29 is 5.11 Å². The number of β-amino-alcohol motifs (C(OH)–C–C–N with tert-alkyl or cyclic N) is 1. The SMILES string of the molecule is N#Cc1cc(Br)cnc1N1CC(O)C1. The maximum Gasteiger partial charge on any atom is 0.146 e. The second-order valence-corrected chi connectivity index (χ2v) is 4.11. The molecule has 1 aromatic rings. The fourth-order valence-electron chi connectivity index (χ4n) is 1.39. The topological polar surface area (TPSA) is 60.2 Å². The zero-order valence-electron chi connectivity index (χ0n) is 7.31. The molecule has 0 radical (unpaired) electrons. The Balaban J connectivity index is 2.30. The van der Waals surface area contributed by atoms with Crippen LogP contribution in [0.1, 0.15) is 5.56 Å². The van der Waals surface area contributed by atoms with Gasteiger partial charge in [-0.1, -0.05) is 0 Å². The lowest BCUT2D eigenvalue weighted by atomic mass is 10.1. The first kappa shape index (κ1) is 9.44. The first-order chi connectivity index (χ1) is 6.70. The molecule has 1 aliphatic rings. The van der Waals surface area contributed by atoms with Crippen LogP contribution in [-0.2, 0) is 0 Å². The van der Waals surface area contributed by atoms with Crippen molar-refractivity contribution in [3.05, 3.63) is 22.3 Å².